The third kappa shape index (κ3) is 4.95. The number of benzene rings is 8. The molecule has 0 fully saturated rings. The van der Waals surface area contributed by atoms with Crippen LogP contribution in [0.5, 0.6) is 0 Å². The summed E-state index contributed by atoms with van der Waals surface area (Å²) < 4.78 is 5.26. The molecule has 2 aliphatic carbocycles. The van der Waals surface area contributed by atoms with Crippen molar-refractivity contribution in [1.29, 1.82) is 0 Å². The predicted octanol–water partition coefficient (Wildman–Crippen LogP) is 17.7. The van der Waals surface area contributed by atoms with E-state index in [2.05, 4.69) is 194 Å². The summed E-state index contributed by atoms with van der Waals surface area (Å²) in [6, 6.07) is 61.3. The van der Waals surface area contributed by atoms with Gasteiger partial charge in [0.2, 0.25) is 0 Å². The van der Waals surface area contributed by atoms with E-state index >= 15 is 0 Å². The van der Waals surface area contributed by atoms with Gasteiger partial charge in [0, 0.05) is 32.4 Å². The Kier molecular flexibility index (Phi) is 8.61. The van der Waals surface area contributed by atoms with Gasteiger partial charge in [-0.15, -0.1) is 0 Å². The smallest absolute Gasteiger partial charge is 0.0789 e. The second-order valence-corrected chi connectivity index (χ2v) is 19.5. The number of unbranched alkanes of at least 4 members (excludes halogenated alkanes) is 1. The van der Waals surface area contributed by atoms with E-state index in [0.29, 0.717) is 0 Å². The highest BCUT2D eigenvalue weighted by atomic mass is 15.0. The van der Waals surface area contributed by atoms with Crippen molar-refractivity contribution in [3.05, 3.63) is 180 Å². The quantitative estimate of drug-likeness (QED) is 0.115. The van der Waals surface area contributed by atoms with Crippen molar-refractivity contribution < 1.29 is 0 Å². The van der Waals surface area contributed by atoms with Crippen molar-refractivity contribution in [3.8, 4) is 44.5 Å². The molecule has 3 heterocycles. The molecular formula is C63H56N2. The lowest BCUT2D eigenvalue weighted by Gasteiger charge is -2.34. The van der Waals surface area contributed by atoms with Crippen molar-refractivity contribution in [2.45, 2.75) is 96.3 Å². The first-order valence-electron chi connectivity index (χ1n) is 24.7. The molecule has 0 amide bonds. The highest BCUT2D eigenvalue weighted by Gasteiger charge is 2.45. The minimum Gasteiger partial charge on any atom is -0.305 e. The lowest BCUT2D eigenvalue weighted by Crippen LogP contribution is -2.26. The van der Waals surface area contributed by atoms with Crippen LogP contribution in [-0.2, 0) is 10.8 Å². The number of aromatic nitrogens is 2. The van der Waals surface area contributed by atoms with Gasteiger partial charge in [0.25, 0.3) is 0 Å². The Bertz CT molecular complexity index is 3700. The third-order valence-electron chi connectivity index (χ3n) is 16.2. The monoisotopic (exact) mass is 840 g/mol. The van der Waals surface area contributed by atoms with E-state index in [-0.39, 0.29) is 10.8 Å². The molecule has 8 aromatic carbocycles. The van der Waals surface area contributed by atoms with Crippen LogP contribution in [0.25, 0.3) is 99.2 Å². The lowest BCUT2D eigenvalue weighted by atomic mass is 9.69. The van der Waals surface area contributed by atoms with E-state index in [9.17, 15) is 0 Å². The molecule has 0 aliphatic heterocycles. The first-order chi connectivity index (χ1) is 32.1. The molecular weight excluding hydrogens is 785 g/mol. The minimum atomic E-state index is -0.0253. The zero-order chi connectivity index (χ0) is 43.6. The molecule has 318 valence electrons. The fourth-order valence-electron chi connectivity index (χ4n) is 14.1. The standard InChI is InChI=1S/C63H56N2/c1-5-9-39-63(38-8-4)51-29-15-11-21-41(51)45-25-19-27-47(59(45)63)43-33-35-55-61-57(43)49-23-13-17-31-53(49)65(61)54-34-32-42(56-48-22-12-16-30-52(48)64(55)60(54)56)46-26-18-24-44-40-20-10-14-28-50(40)62(36-6-2,37-7-3)58(44)46/h10-35H,5-9,36-39H2,1-4H3. The largest absolute Gasteiger partial charge is 0.305 e. The molecule has 0 radical (unpaired) electrons. The Hall–Kier alpha value is -6.64. The number of rotatable bonds is 11. The van der Waals surface area contributed by atoms with Gasteiger partial charge in [0.05, 0.1) is 33.1 Å². The maximum Gasteiger partial charge on any atom is 0.0789 e. The first-order valence-corrected chi connectivity index (χ1v) is 24.7. The Morgan fingerprint density at radius 3 is 1.15 bits per heavy atom. The van der Waals surface area contributed by atoms with Crippen LogP contribution in [0.15, 0.2) is 158 Å². The Morgan fingerprint density at radius 1 is 0.323 bits per heavy atom. The van der Waals surface area contributed by atoms with Crippen molar-refractivity contribution >= 4 is 54.6 Å². The molecule has 65 heavy (non-hydrogen) atoms. The highest BCUT2D eigenvalue weighted by Crippen LogP contribution is 2.60. The van der Waals surface area contributed by atoms with Crippen LogP contribution >= 0.6 is 0 Å². The van der Waals surface area contributed by atoms with E-state index in [0.717, 1.165) is 38.5 Å². The molecule has 0 N–H and O–H groups in total. The summed E-state index contributed by atoms with van der Waals surface area (Å²) >= 11 is 0. The summed E-state index contributed by atoms with van der Waals surface area (Å²) in [5, 5.41) is 5.34. The van der Waals surface area contributed by atoms with Crippen LogP contribution < -0.4 is 0 Å². The first kappa shape index (κ1) is 38.8. The van der Waals surface area contributed by atoms with Gasteiger partial charge in [-0.05, 0) is 117 Å². The molecule has 11 aromatic rings. The summed E-state index contributed by atoms with van der Waals surface area (Å²) in [7, 11) is 0. The van der Waals surface area contributed by atoms with Crippen LogP contribution in [-0.4, -0.2) is 8.80 Å². The second-order valence-electron chi connectivity index (χ2n) is 19.5. The number of nitrogens with zero attached hydrogens (tertiary/aromatic N) is 2. The Labute approximate surface area is 382 Å². The summed E-state index contributed by atoms with van der Waals surface area (Å²) in [5.41, 5.74) is 24.8. The highest BCUT2D eigenvalue weighted by molar-refractivity contribution is 6.27. The minimum absolute atomic E-state index is 0.0235. The molecule has 1 atom stereocenters. The molecule has 3 aromatic heterocycles. The van der Waals surface area contributed by atoms with E-state index in [1.54, 1.807) is 0 Å². The fourth-order valence-corrected chi connectivity index (χ4v) is 14.1. The van der Waals surface area contributed by atoms with Crippen molar-refractivity contribution in [2.24, 2.45) is 0 Å². The topological polar surface area (TPSA) is 8.82 Å². The van der Waals surface area contributed by atoms with Crippen LogP contribution in [0.4, 0.5) is 0 Å². The van der Waals surface area contributed by atoms with Crippen molar-refractivity contribution in [1.82, 2.24) is 8.80 Å². The van der Waals surface area contributed by atoms with Crippen LogP contribution in [0.2, 0.25) is 0 Å². The van der Waals surface area contributed by atoms with Crippen molar-refractivity contribution in [3.63, 3.8) is 0 Å². The SMILES string of the molecule is CCCCC1(CCC)c2ccccc2-c2cccc(-c3ccc4c5c3c3ccccc3n5c3ccc(-c5cccc6c5C(CCC)(CCC)c5ccccc5-6)c5c6ccccc6n4c53)c21. The van der Waals surface area contributed by atoms with Gasteiger partial charge >= 0.3 is 0 Å². The van der Waals surface area contributed by atoms with Gasteiger partial charge in [-0.3, -0.25) is 0 Å². The normalized spacial score (nSPS) is 16.1. The predicted molar refractivity (Wildman–Crippen MR) is 277 cm³/mol. The summed E-state index contributed by atoms with van der Waals surface area (Å²) in [6.07, 6.45) is 10.4. The molecule has 2 nitrogen and oxygen atoms in total. The maximum atomic E-state index is 2.63. The molecule has 1 unspecified atom stereocenters. The molecule has 0 saturated heterocycles. The Morgan fingerprint density at radius 2 is 0.708 bits per heavy atom. The van der Waals surface area contributed by atoms with E-state index in [4.69, 9.17) is 0 Å². The Balaban J connectivity index is 1.15. The van der Waals surface area contributed by atoms with Crippen LogP contribution in [0, 0.1) is 0 Å². The summed E-state index contributed by atoms with van der Waals surface area (Å²) in [5.74, 6) is 0. The van der Waals surface area contributed by atoms with Gasteiger partial charge in [-0.25, -0.2) is 0 Å². The number of hydrogen-bond acceptors (Lipinski definition) is 0. The molecule has 2 aliphatic rings. The van der Waals surface area contributed by atoms with E-state index in [1.807, 2.05) is 0 Å². The fraction of sp³-hybridized carbons (Fsp3) is 0.238. The maximum absolute atomic E-state index is 2.63. The van der Waals surface area contributed by atoms with Gasteiger partial charge in [-0.1, -0.05) is 193 Å². The zero-order valence-electron chi connectivity index (χ0n) is 38.3. The molecule has 13 rings (SSSR count). The van der Waals surface area contributed by atoms with Crippen LogP contribution in [0.1, 0.15) is 108 Å². The average molecular weight is 841 g/mol. The second kappa shape index (κ2) is 14.4. The average Bonchev–Trinajstić information content (AvgIpc) is 4.05. The molecule has 0 bridgehead atoms. The molecule has 0 spiro atoms. The van der Waals surface area contributed by atoms with Gasteiger partial charge in [0.15, 0.2) is 0 Å². The summed E-state index contributed by atoms with van der Waals surface area (Å²) in [4.78, 5) is 0. The van der Waals surface area contributed by atoms with Crippen LogP contribution in [0.3, 0.4) is 0 Å². The van der Waals surface area contributed by atoms with Crippen molar-refractivity contribution in [2.75, 3.05) is 0 Å². The van der Waals surface area contributed by atoms with Gasteiger partial charge < -0.3 is 8.80 Å². The molecule has 0 saturated carbocycles. The third-order valence-corrected chi connectivity index (χ3v) is 16.2. The number of hydrogen-bond donors (Lipinski definition) is 0. The van der Waals surface area contributed by atoms with E-state index < -0.39 is 0 Å². The van der Waals surface area contributed by atoms with E-state index in [1.165, 1.54) is 141 Å². The number of fused-ring (bicyclic) bond motifs is 14. The zero-order valence-corrected chi connectivity index (χ0v) is 38.3. The number of para-hydroxylation sites is 2. The lowest BCUT2D eigenvalue weighted by molar-refractivity contribution is 0.425. The van der Waals surface area contributed by atoms with Gasteiger partial charge in [0.1, 0.15) is 0 Å². The summed E-state index contributed by atoms with van der Waals surface area (Å²) in [6.45, 7) is 9.47. The van der Waals surface area contributed by atoms with Gasteiger partial charge in [-0.2, -0.15) is 0 Å². The molecule has 2 heteroatoms.